The summed E-state index contributed by atoms with van der Waals surface area (Å²) in [6.45, 7) is 0.549. The van der Waals surface area contributed by atoms with Crippen LogP contribution in [-0.2, 0) is 9.59 Å². The molecule has 36 heavy (non-hydrogen) atoms. The zero-order valence-electron chi connectivity index (χ0n) is 20.1. The molecule has 0 bridgehead atoms. The van der Waals surface area contributed by atoms with Crippen LogP contribution in [0.3, 0.4) is 0 Å². The Kier molecular flexibility index (Phi) is 8.47. The van der Waals surface area contributed by atoms with Crippen molar-refractivity contribution < 1.29 is 19.6 Å². The Morgan fingerprint density at radius 3 is 1.97 bits per heavy atom. The fourth-order valence-electron chi connectivity index (χ4n) is 4.71. The monoisotopic (exact) mass is 485 g/mol. The Balaban J connectivity index is 1.24. The Morgan fingerprint density at radius 2 is 1.33 bits per heavy atom. The van der Waals surface area contributed by atoms with Crippen molar-refractivity contribution in [1.82, 2.24) is 10.8 Å². The third-order valence-electron chi connectivity index (χ3n) is 6.52. The van der Waals surface area contributed by atoms with Crippen LogP contribution in [0.5, 0.6) is 0 Å². The molecule has 1 aliphatic carbocycles. The molecule has 4 N–H and O–H groups in total. The van der Waals surface area contributed by atoms with E-state index in [1.165, 1.54) is 22.3 Å². The third-order valence-corrected chi connectivity index (χ3v) is 6.52. The van der Waals surface area contributed by atoms with Gasteiger partial charge in [-0.25, -0.2) is 5.48 Å². The first-order chi connectivity index (χ1) is 17.6. The molecule has 0 saturated heterocycles. The molecule has 0 aliphatic heterocycles. The first-order valence-electron chi connectivity index (χ1n) is 12.4. The van der Waals surface area contributed by atoms with Crippen molar-refractivity contribution in [2.75, 3.05) is 11.9 Å². The minimum Gasteiger partial charge on any atom is -0.352 e. The summed E-state index contributed by atoms with van der Waals surface area (Å²) in [6.07, 6.45) is 3.91. The van der Waals surface area contributed by atoms with Crippen molar-refractivity contribution >= 4 is 23.4 Å². The van der Waals surface area contributed by atoms with E-state index in [2.05, 4.69) is 34.9 Å². The summed E-state index contributed by atoms with van der Waals surface area (Å²) in [5, 5.41) is 14.3. The molecule has 0 fully saturated rings. The van der Waals surface area contributed by atoms with Gasteiger partial charge in [0.1, 0.15) is 0 Å². The van der Waals surface area contributed by atoms with Gasteiger partial charge in [-0.15, -0.1) is 0 Å². The highest BCUT2D eigenvalue weighted by Gasteiger charge is 2.29. The number of anilines is 1. The van der Waals surface area contributed by atoms with Crippen molar-refractivity contribution in [3.05, 3.63) is 89.5 Å². The van der Waals surface area contributed by atoms with E-state index in [1.807, 2.05) is 24.3 Å². The van der Waals surface area contributed by atoms with Crippen LogP contribution < -0.4 is 16.1 Å². The second-order valence-electron chi connectivity index (χ2n) is 9.01. The van der Waals surface area contributed by atoms with Crippen LogP contribution in [0.2, 0.25) is 0 Å². The van der Waals surface area contributed by atoms with E-state index >= 15 is 0 Å². The highest BCUT2D eigenvalue weighted by molar-refractivity contribution is 5.96. The molecule has 3 aromatic rings. The maximum atomic E-state index is 12.9. The number of nitrogens with one attached hydrogen (secondary N) is 3. The molecule has 0 aromatic heterocycles. The van der Waals surface area contributed by atoms with Crippen molar-refractivity contribution in [3.63, 3.8) is 0 Å². The highest BCUT2D eigenvalue weighted by Crippen LogP contribution is 2.46. The topological polar surface area (TPSA) is 108 Å². The van der Waals surface area contributed by atoms with Gasteiger partial charge in [-0.3, -0.25) is 19.6 Å². The lowest BCUT2D eigenvalue weighted by Gasteiger charge is -2.14. The first kappa shape index (κ1) is 25.1. The van der Waals surface area contributed by atoms with E-state index < -0.39 is 0 Å². The molecule has 0 unspecified atom stereocenters. The van der Waals surface area contributed by atoms with E-state index in [0.29, 0.717) is 37.1 Å². The fraction of sp³-hybridized carbons (Fsp3) is 0.276. The Morgan fingerprint density at radius 1 is 0.722 bits per heavy atom. The molecule has 186 valence electrons. The lowest BCUT2D eigenvalue weighted by molar-refractivity contribution is -0.129. The summed E-state index contributed by atoms with van der Waals surface area (Å²) < 4.78 is 0. The normalized spacial score (nSPS) is 11.9. The van der Waals surface area contributed by atoms with Gasteiger partial charge < -0.3 is 10.6 Å². The number of hydrogen-bond acceptors (Lipinski definition) is 4. The summed E-state index contributed by atoms with van der Waals surface area (Å²) >= 11 is 0. The maximum Gasteiger partial charge on any atom is 0.251 e. The first-order valence-corrected chi connectivity index (χ1v) is 12.4. The Hall–Kier alpha value is -3.97. The van der Waals surface area contributed by atoms with Crippen molar-refractivity contribution in [2.45, 2.75) is 44.4 Å². The molecule has 0 heterocycles. The van der Waals surface area contributed by atoms with Gasteiger partial charge in [0, 0.05) is 36.6 Å². The number of carbonyl (C=O) groups excluding carboxylic acids is 3. The minimum absolute atomic E-state index is 0.0225. The lowest BCUT2D eigenvalue weighted by atomic mass is 9.93. The van der Waals surface area contributed by atoms with Gasteiger partial charge in [0.05, 0.1) is 0 Å². The van der Waals surface area contributed by atoms with E-state index in [0.717, 1.165) is 19.3 Å². The summed E-state index contributed by atoms with van der Waals surface area (Å²) in [7, 11) is 0. The zero-order chi connectivity index (χ0) is 25.3. The molecule has 0 atom stereocenters. The molecule has 0 radical (unpaired) electrons. The van der Waals surface area contributed by atoms with Crippen LogP contribution in [0.4, 0.5) is 5.69 Å². The predicted molar refractivity (Wildman–Crippen MR) is 139 cm³/mol. The van der Waals surface area contributed by atoms with E-state index in [1.54, 1.807) is 29.7 Å². The molecule has 0 saturated carbocycles. The van der Waals surface area contributed by atoms with Crippen molar-refractivity contribution in [2.24, 2.45) is 0 Å². The number of fused-ring (bicyclic) bond motifs is 3. The standard InChI is InChI=1S/C29H31N3O4/c33-27(32-36)13-3-1-2-8-18-30-29(35)20-14-16-21(17-15-20)31-28(34)19-26-24-11-6-4-9-22(24)23-10-5-7-12-25(23)26/h4-7,9-12,14-17,26,36H,1-3,8,13,18-19H2,(H,30,35)(H,31,34)(H,32,33). The van der Waals surface area contributed by atoms with E-state index in [-0.39, 0.29) is 23.6 Å². The largest absolute Gasteiger partial charge is 0.352 e. The van der Waals surface area contributed by atoms with Crippen LogP contribution in [0.15, 0.2) is 72.8 Å². The van der Waals surface area contributed by atoms with Crippen molar-refractivity contribution in [3.8, 4) is 11.1 Å². The number of hydroxylamine groups is 1. The van der Waals surface area contributed by atoms with Gasteiger partial charge in [-0.05, 0) is 59.4 Å². The number of benzene rings is 3. The third kappa shape index (κ3) is 6.17. The van der Waals surface area contributed by atoms with Gasteiger partial charge in [0.15, 0.2) is 0 Å². The maximum absolute atomic E-state index is 12.9. The van der Waals surface area contributed by atoms with Gasteiger partial charge in [0.2, 0.25) is 11.8 Å². The van der Waals surface area contributed by atoms with Crippen molar-refractivity contribution in [1.29, 1.82) is 0 Å². The second-order valence-corrected chi connectivity index (χ2v) is 9.01. The predicted octanol–water partition coefficient (Wildman–Crippen LogP) is 5.01. The van der Waals surface area contributed by atoms with Gasteiger partial charge in [0.25, 0.3) is 5.91 Å². The molecular weight excluding hydrogens is 454 g/mol. The summed E-state index contributed by atoms with van der Waals surface area (Å²) in [5.74, 6) is -0.585. The van der Waals surface area contributed by atoms with Crippen LogP contribution >= 0.6 is 0 Å². The summed E-state index contributed by atoms with van der Waals surface area (Å²) in [6, 6.07) is 23.4. The number of unbranched alkanes of at least 4 members (excludes halogenated alkanes) is 3. The van der Waals surface area contributed by atoms with Crippen LogP contribution in [0.1, 0.15) is 65.9 Å². The Bertz CT molecular complexity index is 1180. The minimum atomic E-state index is -0.378. The molecule has 0 spiro atoms. The lowest BCUT2D eigenvalue weighted by Crippen LogP contribution is -2.24. The second kappa shape index (κ2) is 12.1. The number of carbonyl (C=O) groups is 3. The highest BCUT2D eigenvalue weighted by atomic mass is 16.5. The number of amides is 3. The number of rotatable bonds is 11. The molecular formula is C29H31N3O4. The molecule has 1 aliphatic rings. The van der Waals surface area contributed by atoms with Gasteiger partial charge >= 0.3 is 0 Å². The van der Waals surface area contributed by atoms with Crippen LogP contribution in [0.25, 0.3) is 11.1 Å². The van der Waals surface area contributed by atoms with Crippen LogP contribution in [-0.4, -0.2) is 29.5 Å². The molecule has 4 rings (SSSR count). The smallest absolute Gasteiger partial charge is 0.251 e. The van der Waals surface area contributed by atoms with E-state index in [9.17, 15) is 14.4 Å². The number of hydrogen-bond donors (Lipinski definition) is 4. The summed E-state index contributed by atoms with van der Waals surface area (Å²) in [5.41, 5.74) is 7.54. The van der Waals surface area contributed by atoms with E-state index in [4.69, 9.17) is 5.21 Å². The SMILES string of the molecule is O=C(CCCCCCNC(=O)c1ccc(NC(=O)CC2c3ccccc3-c3ccccc32)cc1)NO. The Labute approximate surface area is 210 Å². The molecule has 7 nitrogen and oxygen atoms in total. The van der Waals surface area contributed by atoms with Crippen LogP contribution in [0, 0.1) is 0 Å². The molecule has 3 amide bonds. The quantitative estimate of drug-likeness (QED) is 0.174. The fourth-order valence-corrected chi connectivity index (χ4v) is 4.71. The zero-order valence-corrected chi connectivity index (χ0v) is 20.1. The summed E-state index contributed by atoms with van der Waals surface area (Å²) in [4.78, 5) is 36.2. The average molecular weight is 486 g/mol. The van der Waals surface area contributed by atoms with Gasteiger partial charge in [-0.1, -0.05) is 61.4 Å². The molecule has 3 aromatic carbocycles. The van der Waals surface area contributed by atoms with Gasteiger partial charge in [-0.2, -0.15) is 0 Å². The average Bonchev–Trinajstić information content (AvgIpc) is 3.21. The molecule has 7 heteroatoms.